The number of aliphatic hydroxyl groups excluding tert-OH is 3. The molecule has 1 aliphatic carbocycles. The fraction of sp³-hybridized carbons (Fsp3) is 0.765. The average Bonchev–Trinajstić information content (AvgIpc) is 2.87. The van der Waals surface area contributed by atoms with E-state index in [2.05, 4.69) is 9.47 Å². The molecule has 1 saturated carbocycles. The highest BCUT2D eigenvalue weighted by atomic mass is 16.8. The first kappa shape index (κ1) is 23.5. The van der Waals surface area contributed by atoms with Crippen molar-refractivity contribution in [2.45, 2.75) is 55.4 Å². The highest BCUT2D eigenvalue weighted by Crippen LogP contribution is 2.49. The smallest absolute Gasteiger partial charge is 0.340 e. The number of hydrogen-bond donors (Lipinski definition) is 5. The molecule has 0 spiro atoms. The number of ether oxygens (including phenoxy) is 5. The first-order chi connectivity index (χ1) is 13.5. The van der Waals surface area contributed by atoms with E-state index in [1.807, 2.05) is 0 Å². The van der Waals surface area contributed by atoms with E-state index < -0.39 is 66.6 Å². The molecular weight excluding hydrogens is 396 g/mol. The maximum absolute atomic E-state index is 11.8. The summed E-state index contributed by atoms with van der Waals surface area (Å²) in [6.45, 7) is 0.477. The standard InChI is InChI=1S/C17H26O12/c1-16(23)6-9(19)17(24)4-5-27-15(11(16)17)29-14(10(20)13(22)26-3)28-8(7-18)12(21)25-2/h4-5,8-11,14-15,18-20,23-24H,6-7H2,1-3H3/t8-,9-,10-,11-,14+,15+,16+,17-/m1/s1. The number of methoxy groups -OCH3 is 2. The third kappa shape index (κ3) is 4.53. The monoisotopic (exact) mass is 422 g/mol. The van der Waals surface area contributed by atoms with Crippen LogP contribution in [0.1, 0.15) is 13.3 Å². The minimum atomic E-state index is -2.09. The fourth-order valence-corrected chi connectivity index (χ4v) is 3.54. The van der Waals surface area contributed by atoms with Crippen LogP contribution in [0.15, 0.2) is 12.3 Å². The van der Waals surface area contributed by atoms with Crippen molar-refractivity contribution >= 4 is 11.9 Å². The molecule has 1 heterocycles. The summed E-state index contributed by atoms with van der Waals surface area (Å²) in [5.41, 5.74) is -3.59. The van der Waals surface area contributed by atoms with Gasteiger partial charge >= 0.3 is 11.9 Å². The number of hydrogen-bond acceptors (Lipinski definition) is 12. The van der Waals surface area contributed by atoms with Gasteiger partial charge in [-0.3, -0.25) is 0 Å². The van der Waals surface area contributed by atoms with Gasteiger partial charge in [-0.15, -0.1) is 0 Å². The maximum Gasteiger partial charge on any atom is 0.340 e. The van der Waals surface area contributed by atoms with Crippen LogP contribution in [-0.4, -0.2) is 100 Å². The van der Waals surface area contributed by atoms with Gasteiger partial charge < -0.3 is 49.2 Å². The van der Waals surface area contributed by atoms with Gasteiger partial charge in [0, 0.05) is 6.42 Å². The number of esters is 2. The molecule has 0 bridgehead atoms. The van der Waals surface area contributed by atoms with Gasteiger partial charge in [0.2, 0.25) is 12.4 Å². The summed E-state index contributed by atoms with van der Waals surface area (Å²) in [4.78, 5) is 23.5. The molecule has 0 aromatic rings. The molecule has 2 aliphatic rings. The van der Waals surface area contributed by atoms with E-state index in [-0.39, 0.29) is 6.42 Å². The molecule has 12 heteroatoms. The second-order valence-corrected chi connectivity index (χ2v) is 7.05. The first-order valence-electron chi connectivity index (χ1n) is 8.73. The molecule has 0 unspecified atom stereocenters. The molecule has 12 nitrogen and oxygen atoms in total. The molecule has 0 saturated heterocycles. The van der Waals surface area contributed by atoms with E-state index >= 15 is 0 Å². The van der Waals surface area contributed by atoms with Gasteiger partial charge in [0.05, 0.1) is 44.7 Å². The van der Waals surface area contributed by atoms with Crippen molar-refractivity contribution in [1.29, 1.82) is 0 Å². The Bertz CT molecular complexity index is 634. The van der Waals surface area contributed by atoms with Crippen LogP contribution in [0.25, 0.3) is 0 Å². The molecular formula is C17H26O12. The zero-order valence-corrected chi connectivity index (χ0v) is 16.1. The lowest BCUT2D eigenvalue weighted by Crippen LogP contribution is -2.56. The lowest BCUT2D eigenvalue weighted by atomic mass is 9.81. The van der Waals surface area contributed by atoms with E-state index in [1.54, 1.807) is 0 Å². The molecule has 5 N–H and O–H groups in total. The van der Waals surface area contributed by atoms with Crippen molar-refractivity contribution in [2.24, 2.45) is 5.92 Å². The molecule has 0 amide bonds. The largest absolute Gasteiger partial charge is 0.472 e. The normalized spacial score (nSPS) is 36.5. The van der Waals surface area contributed by atoms with E-state index in [9.17, 15) is 35.1 Å². The molecule has 0 aromatic heterocycles. The van der Waals surface area contributed by atoms with E-state index in [0.717, 1.165) is 26.6 Å². The summed E-state index contributed by atoms with van der Waals surface area (Å²) in [6, 6.07) is 0. The topological polar surface area (TPSA) is 181 Å². The minimum Gasteiger partial charge on any atom is -0.472 e. The van der Waals surface area contributed by atoms with Crippen molar-refractivity contribution in [2.75, 3.05) is 20.8 Å². The Morgan fingerprint density at radius 3 is 2.41 bits per heavy atom. The lowest BCUT2D eigenvalue weighted by Gasteiger charge is -2.42. The molecule has 29 heavy (non-hydrogen) atoms. The van der Waals surface area contributed by atoms with E-state index in [1.165, 1.54) is 6.92 Å². The van der Waals surface area contributed by atoms with Crippen molar-refractivity contribution < 1.29 is 58.8 Å². The number of rotatable bonds is 8. The summed E-state index contributed by atoms with van der Waals surface area (Å²) in [6.07, 6.45) is -6.54. The average molecular weight is 422 g/mol. The van der Waals surface area contributed by atoms with Crippen LogP contribution in [-0.2, 0) is 33.3 Å². The molecule has 0 aromatic carbocycles. The fourth-order valence-electron chi connectivity index (χ4n) is 3.54. The Morgan fingerprint density at radius 2 is 1.86 bits per heavy atom. The van der Waals surface area contributed by atoms with Crippen LogP contribution in [0.4, 0.5) is 0 Å². The second kappa shape index (κ2) is 8.92. The van der Waals surface area contributed by atoms with Crippen LogP contribution < -0.4 is 0 Å². The van der Waals surface area contributed by atoms with Gasteiger partial charge in [0.25, 0.3) is 0 Å². The van der Waals surface area contributed by atoms with Gasteiger partial charge in [0.1, 0.15) is 5.60 Å². The third-order valence-corrected chi connectivity index (χ3v) is 5.03. The third-order valence-electron chi connectivity index (χ3n) is 5.03. The molecule has 1 aliphatic heterocycles. The van der Waals surface area contributed by atoms with Crippen LogP contribution in [0.2, 0.25) is 0 Å². The van der Waals surface area contributed by atoms with Crippen molar-refractivity contribution in [3.8, 4) is 0 Å². The van der Waals surface area contributed by atoms with Gasteiger partial charge in [-0.1, -0.05) is 0 Å². The van der Waals surface area contributed by atoms with Crippen molar-refractivity contribution in [1.82, 2.24) is 0 Å². The first-order valence-corrected chi connectivity index (χ1v) is 8.73. The summed E-state index contributed by atoms with van der Waals surface area (Å²) in [5.74, 6) is -3.45. The second-order valence-electron chi connectivity index (χ2n) is 7.05. The number of aliphatic hydroxyl groups is 5. The Hall–Kier alpha value is -1.80. The predicted molar refractivity (Wildman–Crippen MR) is 90.6 cm³/mol. The Labute approximate surface area is 166 Å². The number of carbonyl (C=O) groups excluding carboxylic acids is 2. The molecule has 166 valence electrons. The molecule has 2 rings (SSSR count). The minimum absolute atomic E-state index is 0.214. The SMILES string of the molecule is COC(=O)[C@@H](O)[C@H](O[C@@H]1OC=C[C@@]2(O)[C@H](O)C[C@](C)(O)[C@@H]12)O[C@H](CO)C(=O)OC. The molecule has 1 fully saturated rings. The predicted octanol–water partition coefficient (Wildman–Crippen LogP) is -2.85. The van der Waals surface area contributed by atoms with Crippen molar-refractivity contribution in [3.63, 3.8) is 0 Å². The van der Waals surface area contributed by atoms with E-state index in [4.69, 9.17) is 14.2 Å². The Balaban J connectivity index is 2.31. The highest BCUT2D eigenvalue weighted by molar-refractivity contribution is 5.76. The summed E-state index contributed by atoms with van der Waals surface area (Å²) < 4.78 is 24.8. The lowest BCUT2D eigenvalue weighted by molar-refractivity contribution is -0.311. The zero-order valence-electron chi connectivity index (χ0n) is 16.1. The summed E-state index contributed by atoms with van der Waals surface area (Å²) in [5, 5.41) is 51.1. The van der Waals surface area contributed by atoms with Crippen molar-refractivity contribution in [3.05, 3.63) is 12.3 Å². The molecule has 8 atom stereocenters. The van der Waals surface area contributed by atoms with Crippen LogP contribution in [0.5, 0.6) is 0 Å². The van der Waals surface area contributed by atoms with Crippen LogP contribution in [0.3, 0.4) is 0 Å². The van der Waals surface area contributed by atoms with Crippen LogP contribution in [0, 0.1) is 5.92 Å². The zero-order chi connectivity index (χ0) is 22.0. The van der Waals surface area contributed by atoms with Gasteiger partial charge in [-0.05, 0) is 13.0 Å². The molecule has 0 radical (unpaired) electrons. The van der Waals surface area contributed by atoms with Gasteiger partial charge in [0.15, 0.2) is 12.4 Å². The Morgan fingerprint density at radius 1 is 1.24 bits per heavy atom. The summed E-state index contributed by atoms with van der Waals surface area (Å²) in [7, 11) is 2.02. The number of fused-ring (bicyclic) bond motifs is 1. The summed E-state index contributed by atoms with van der Waals surface area (Å²) >= 11 is 0. The van der Waals surface area contributed by atoms with Crippen LogP contribution >= 0.6 is 0 Å². The number of carbonyl (C=O) groups is 2. The van der Waals surface area contributed by atoms with Gasteiger partial charge in [-0.2, -0.15) is 0 Å². The van der Waals surface area contributed by atoms with E-state index in [0.29, 0.717) is 0 Å². The Kier molecular flexibility index (Phi) is 7.22. The highest BCUT2D eigenvalue weighted by Gasteiger charge is 2.64. The maximum atomic E-state index is 11.8. The van der Waals surface area contributed by atoms with Gasteiger partial charge in [-0.25, -0.2) is 9.59 Å². The quantitative estimate of drug-likeness (QED) is 0.200.